The lowest BCUT2D eigenvalue weighted by Gasteiger charge is -2.17. The predicted molar refractivity (Wildman–Crippen MR) is 105 cm³/mol. The molecule has 0 spiro atoms. The van der Waals surface area contributed by atoms with Crippen molar-refractivity contribution in [1.82, 2.24) is 0 Å². The summed E-state index contributed by atoms with van der Waals surface area (Å²) in [5, 5.41) is 8.65. The van der Waals surface area contributed by atoms with Gasteiger partial charge in [0.25, 0.3) is 0 Å². The number of aliphatic hydroxyl groups excluding tert-OH is 1. The van der Waals surface area contributed by atoms with E-state index in [4.69, 9.17) is 18.9 Å². The molecular formula is C18H31O5PS. The number of rotatable bonds is 15. The van der Waals surface area contributed by atoms with Crippen LogP contribution in [0.2, 0.25) is 0 Å². The van der Waals surface area contributed by atoms with Gasteiger partial charge < -0.3 is 18.9 Å². The quantitative estimate of drug-likeness (QED) is 0.359. The predicted octanol–water partition coefficient (Wildman–Crippen LogP) is 4.13. The largest absolute Gasteiger partial charge is 0.396 e. The molecule has 0 fully saturated rings. The van der Waals surface area contributed by atoms with Gasteiger partial charge in [0.2, 0.25) is 0 Å². The molecule has 144 valence electrons. The van der Waals surface area contributed by atoms with Gasteiger partial charge in [-0.2, -0.15) is 11.8 Å². The number of aliphatic hydroxyl groups is 1. The van der Waals surface area contributed by atoms with Crippen molar-refractivity contribution in [1.29, 1.82) is 0 Å². The summed E-state index contributed by atoms with van der Waals surface area (Å²) in [5.41, 5.74) is 2.24. The van der Waals surface area contributed by atoms with E-state index < -0.39 is 7.60 Å². The van der Waals surface area contributed by atoms with Gasteiger partial charge in [-0.05, 0) is 43.6 Å². The molecule has 0 aliphatic heterocycles. The molecule has 0 aromatic heterocycles. The van der Waals surface area contributed by atoms with Gasteiger partial charge in [-0.25, -0.2) is 0 Å². The normalized spacial score (nSPS) is 11.8. The van der Waals surface area contributed by atoms with Crippen LogP contribution in [-0.2, 0) is 30.9 Å². The van der Waals surface area contributed by atoms with Crippen LogP contribution in [0, 0.1) is 0 Å². The summed E-state index contributed by atoms with van der Waals surface area (Å²) in [6.07, 6.45) is 2.02. The van der Waals surface area contributed by atoms with Crippen molar-refractivity contribution in [3.63, 3.8) is 0 Å². The molecule has 1 aromatic carbocycles. The van der Waals surface area contributed by atoms with Crippen LogP contribution in [0.3, 0.4) is 0 Å². The van der Waals surface area contributed by atoms with E-state index in [1.54, 1.807) is 0 Å². The van der Waals surface area contributed by atoms with Crippen LogP contribution in [0.5, 0.6) is 0 Å². The third kappa shape index (κ3) is 10.4. The molecule has 5 nitrogen and oxygen atoms in total. The van der Waals surface area contributed by atoms with Gasteiger partial charge in [-0.3, -0.25) is 4.57 Å². The van der Waals surface area contributed by atoms with Crippen LogP contribution in [0.4, 0.5) is 0 Å². The van der Waals surface area contributed by atoms with Gasteiger partial charge in [0, 0.05) is 19.0 Å². The molecule has 0 saturated heterocycles. The maximum Gasteiger partial charge on any atom is 0.335 e. The second-order valence-electron chi connectivity index (χ2n) is 5.47. The summed E-state index contributed by atoms with van der Waals surface area (Å²) in [4.78, 5) is 0. The Kier molecular flexibility index (Phi) is 12.5. The van der Waals surface area contributed by atoms with Gasteiger partial charge in [-0.15, -0.1) is 0 Å². The number of hydrogen-bond acceptors (Lipinski definition) is 6. The molecule has 0 radical (unpaired) electrons. The van der Waals surface area contributed by atoms with Gasteiger partial charge in [0.1, 0.15) is 0 Å². The standard InChI is InChI=1S/C18H31O5PS/c1-3-22-24(20,23-4-2)16-18-8-6-17(7-9-18)10-14-25-15-13-21-12-5-11-19/h6-9,19H,3-5,10-16H2,1-2H3. The van der Waals surface area contributed by atoms with Gasteiger partial charge in [0.15, 0.2) is 0 Å². The topological polar surface area (TPSA) is 65.0 Å². The molecule has 0 bridgehead atoms. The first kappa shape index (κ1) is 22.7. The van der Waals surface area contributed by atoms with Gasteiger partial charge in [-0.1, -0.05) is 24.3 Å². The van der Waals surface area contributed by atoms with E-state index >= 15 is 0 Å². The van der Waals surface area contributed by atoms with E-state index in [1.807, 2.05) is 37.7 Å². The van der Waals surface area contributed by atoms with E-state index in [-0.39, 0.29) is 6.61 Å². The zero-order valence-electron chi connectivity index (χ0n) is 15.3. The molecule has 1 N–H and O–H groups in total. The Morgan fingerprint density at radius 2 is 1.64 bits per heavy atom. The highest BCUT2D eigenvalue weighted by Gasteiger charge is 2.23. The summed E-state index contributed by atoms with van der Waals surface area (Å²) < 4.78 is 28.6. The monoisotopic (exact) mass is 390 g/mol. The fraction of sp³-hybridized carbons (Fsp3) is 0.667. The van der Waals surface area contributed by atoms with Crippen LogP contribution in [0.25, 0.3) is 0 Å². The number of thioether (sulfide) groups is 1. The van der Waals surface area contributed by atoms with E-state index in [0.717, 1.165) is 30.1 Å². The second kappa shape index (κ2) is 13.8. The Balaban J connectivity index is 2.30. The molecule has 0 aliphatic rings. The van der Waals surface area contributed by atoms with Crippen LogP contribution in [-0.4, -0.2) is 49.6 Å². The third-order valence-electron chi connectivity index (χ3n) is 3.40. The molecule has 0 amide bonds. The molecule has 0 atom stereocenters. The zero-order valence-corrected chi connectivity index (χ0v) is 17.0. The number of ether oxygens (including phenoxy) is 1. The average Bonchev–Trinajstić information content (AvgIpc) is 2.59. The second-order valence-corrected chi connectivity index (χ2v) is 8.75. The third-order valence-corrected chi connectivity index (χ3v) is 6.41. The summed E-state index contributed by atoms with van der Waals surface area (Å²) in [5.74, 6) is 2.01. The molecule has 0 unspecified atom stereocenters. The lowest BCUT2D eigenvalue weighted by molar-refractivity contribution is 0.129. The average molecular weight is 390 g/mol. The van der Waals surface area contributed by atoms with E-state index in [1.165, 1.54) is 5.56 Å². The van der Waals surface area contributed by atoms with E-state index in [9.17, 15) is 4.57 Å². The smallest absolute Gasteiger partial charge is 0.335 e. The first-order valence-corrected chi connectivity index (χ1v) is 11.7. The van der Waals surface area contributed by atoms with Crippen molar-refractivity contribution in [2.24, 2.45) is 0 Å². The Morgan fingerprint density at radius 1 is 1.00 bits per heavy atom. The van der Waals surface area contributed by atoms with Crippen LogP contribution in [0.15, 0.2) is 24.3 Å². The minimum atomic E-state index is -3.03. The molecule has 1 aromatic rings. The number of hydrogen-bond donors (Lipinski definition) is 1. The molecule has 25 heavy (non-hydrogen) atoms. The SMILES string of the molecule is CCOP(=O)(Cc1ccc(CCSCCOCCCO)cc1)OCC. The molecule has 7 heteroatoms. The van der Waals surface area contributed by atoms with Gasteiger partial charge in [0.05, 0.1) is 26.0 Å². The molecule has 0 aliphatic carbocycles. The number of aryl methyl sites for hydroxylation is 1. The molecule has 1 rings (SSSR count). The van der Waals surface area contributed by atoms with Crippen LogP contribution < -0.4 is 0 Å². The highest BCUT2D eigenvalue weighted by molar-refractivity contribution is 7.99. The minimum Gasteiger partial charge on any atom is -0.396 e. The zero-order chi connectivity index (χ0) is 18.4. The molecule has 0 saturated carbocycles. The summed E-state index contributed by atoms with van der Waals surface area (Å²) in [6, 6.07) is 8.16. The number of benzene rings is 1. The lowest BCUT2D eigenvalue weighted by atomic mass is 10.1. The van der Waals surface area contributed by atoms with Crippen molar-refractivity contribution in [3.8, 4) is 0 Å². The minimum absolute atomic E-state index is 0.188. The molecule has 0 heterocycles. The van der Waals surface area contributed by atoms with E-state index in [0.29, 0.717) is 32.4 Å². The Labute approximate surface area is 156 Å². The highest BCUT2D eigenvalue weighted by atomic mass is 32.2. The summed E-state index contributed by atoms with van der Waals surface area (Å²) in [6.45, 7) is 5.97. The Morgan fingerprint density at radius 3 is 2.24 bits per heavy atom. The maximum atomic E-state index is 12.5. The fourth-order valence-corrected chi connectivity index (χ4v) is 4.76. The summed E-state index contributed by atoms with van der Waals surface area (Å²) >= 11 is 1.86. The van der Waals surface area contributed by atoms with Crippen molar-refractivity contribution in [2.45, 2.75) is 32.9 Å². The van der Waals surface area contributed by atoms with Crippen molar-refractivity contribution in [3.05, 3.63) is 35.4 Å². The van der Waals surface area contributed by atoms with Crippen molar-refractivity contribution >= 4 is 19.4 Å². The van der Waals surface area contributed by atoms with Crippen molar-refractivity contribution in [2.75, 3.05) is 44.5 Å². The Bertz CT molecular complexity index is 485. The summed E-state index contributed by atoms with van der Waals surface area (Å²) in [7, 11) is -3.03. The maximum absolute atomic E-state index is 12.5. The fourth-order valence-electron chi connectivity index (χ4n) is 2.24. The first-order chi connectivity index (χ1) is 12.1. The van der Waals surface area contributed by atoms with E-state index in [2.05, 4.69) is 12.1 Å². The van der Waals surface area contributed by atoms with Crippen LogP contribution in [0.1, 0.15) is 31.4 Å². The first-order valence-electron chi connectivity index (χ1n) is 8.85. The van der Waals surface area contributed by atoms with Crippen molar-refractivity contribution < 1.29 is 23.5 Å². The molecular weight excluding hydrogens is 359 g/mol. The highest BCUT2D eigenvalue weighted by Crippen LogP contribution is 2.51. The van der Waals surface area contributed by atoms with Gasteiger partial charge >= 0.3 is 7.60 Å². The van der Waals surface area contributed by atoms with Crippen LogP contribution >= 0.6 is 19.4 Å². The Hall–Kier alpha value is -0.360. The lowest BCUT2D eigenvalue weighted by Crippen LogP contribution is -2.02.